The van der Waals surface area contributed by atoms with Crippen LogP contribution in [0.4, 0.5) is 0 Å². The summed E-state index contributed by atoms with van der Waals surface area (Å²) in [5.74, 6) is 0.792. The van der Waals surface area contributed by atoms with Crippen LogP contribution < -0.4 is 0 Å². The first-order valence-electron chi connectivity index (χ1n) is 8.01. The number of aromatic nitrogens is 2. The molecule has 3 rings (SSSR count). The fourth-order valence-corrected chi connectivity index (χ4v) is 4.92. The molecule has 0 bridgehead atoms. The minimum Gasteiger partial charge on any atom is -0.267 e. The van der Waals surface area contributed by atoms with E-state index in [9.17, 15) is 8.42 Å². The first-order chi connectivity index (χ1) is 10.9. The lowest BCUT2D eigenvalue weighted by Crippen LogP contribution is -2.42. The zero-order chi connectivity index (χ0) is 16.4. The average Bonchev–Trinajstić information content (AvgIpc) is 2.96. The summed E-state index contributed by atoms with van der Waals surface area (Å²) in [5, 5.41) is 4.22. The SMILES string of the molecule is CC1CC(C)CN(S(=O)(=O)c2cnn(Cc3ccccc3)c2)C1. The summed E-state index contributed by atoms with van der Waals surface area (Å²) in [6.45, 7) is 5.98. The van der Waals surface area contributed by atoms with Gasteiger partial charge in [-0.2, -0.15) is 9.40 Å². The first-order valence-corrected chi connectivity index (χ1v) is 9.45. The third-order valence-corrected chi connectivity index (χ3v) is 6.05. The third-order valence-electron chi connectivity index (χ3n) is 4.27. The Balaban J connectivity index is 1.78. The Morgan fingerprint density at radius 2 is 1.78 bits per heavy atom. The van der Waals surface area contributed by atoms with E-state index < -0.39 is 10.0 Å². The minimum atomic E-state index is -3.45. The van der Waals surface area contributed by atoms with Gasteiger partial charge in [-0.15, -0.1) is 0 Å². The van der Waals surface area contributed by atoms with Crippen molar-refractivity contribution in [1.82, 2.24) is 14.1 Å². The van der Waals surface area contributed by atoms with Crippen LogP contribution in [0.2, 0.25) is 0 Å². The molecule has 0 spiro atoms. The predicted molar refractivity (Wildman–Crippen MR) is 89.5 cm³/mol. The van der Waals surface area contributed by atoms with Crippen molar-refractivity contribution in [2.75, 3.05) is 13.1 Å². The maximum atomic E-state index is 12.8. The van der Waals surface area contributed by atoms with E-state index in [2.05, 4.69) is 18.9 Å². The van der Waals surface area contributed by atoms with Gasteiger partial charge >= 0.3 is 0 Å². The molecule has 6 heteroatoms. The van der Waals surface area contributed by atoms with E-state index in [1.54, 1.807) is 15.2 Å². The van der Waals surface area contributed by atoms with Crippen LogP contribution in [0.3, 0.4) is 0 Å². The van der Waals surface area contributed by atoms with Gasteiger partial charge in [0, 0.05) is 19.3 Å². The average molecular weight is 333 g/mol. The number of sulfonamides is 1. The van der Waals surface area contributed by atoms with E-state index >= 15 is 0 Å². The molecule has 0 saturated carbocycles. The van der Waals surface area contributed by atoms with Crippen LogP contribution in [0, 0.1) is 11.8 Å². The predicted octanol–water partition coefficient (Wildman–Crippen LogP) is 2.60. The maximum Gasteiger partial charge on any atom is 0.246 e. The quantitative estimate of drug-likeness (QED) is 0.864. The molecule has 1 aliphatic rings. The van der Waals surface area contributed by atoms with Crippen LogP contribution in [0.5, 0.6) is 0 Å². The molecule has 23 heavy (non-hydrogen) atoms. The molecular weight excluding hydrogens is 310 g/mol. The molecule has 0 N–H and O–H groups in total. The molecule has 1 aromatic carbocycles. The number of piperidine rings is 1. The molecule has 124 valence electrons. The molecule has 2 unspecified atom stereocenters. The highest BCUT2D eigenvalue weighted by atomic mass is 32.2. The van der Waals surface area contributed by atoms with Crippen molar-refractivity contribution in [3.8, 4) is 0 Å². The largest absolute Gasteiger partial charge is 0.267 e. The standard InChI is InChI=1S/C17H23N3O2S/c1-14-8-15(2)11-20(10-14)23(21,22)17-9-18-19(13-17)12-16-6-4-3-5-7-16/h3-7,9,13-15H,8,10-12H2,1-2H3. The van der Waals surface area contributed by atoms with E-state index in [1.165, 1.54) is 6.20 Å². The topological polar surface area (TPSA) is 55.2 Å². The van der Waals surface area contributed by atoms with Gasteiger partial charge in [-0.05, 0) is 23.8 Å². The summed E-state index contributed by atoms with van der Waals surface area (Å²) in [5.41, 5.74) is 1.10. The van der Waals surface area contributed by atoms with E-state index in [0.717, 1.165) is 12.0 Å². The summed E-state index contributed by atoms with van der Waals surface area (Å²) in [4.78, 5) is 0.287. The molecule has 0 amide bonds. The molecule has 1 aromatic heterocycles. The summed E-state index contributed by atoms with van der Waals surface area (Å²) in [6.07, 6.45) is 4.17. The van der Waals surface area contributed by atoms with Gasteiger partial charge in [-0.25, -0.2) is 8.42 Å². The molecular formula is C17H23N3O2S. The van der Waals surface area contributed by atoms with Crippen molar-refractivity contribution in [3.05, 3.63) is 48.3 Å². The molecule has 1 fully saturated rings. The Labute approximate surface area is 138 Å². The zero-order valence-corrected chi connectivity index (χ0v) is 14.4. The van der Waals surface area contributed by atoms with Crippen LogP contribution in [0.15, 0.2) is 47.6 Å². The summed E-state index contributed by atoms with van der Waals surface area (Å²) >= 11 is 0. The van der Waals surface area contributed by atoms with Crippen molar-refractivity contribution in [3.63, 3.8) is 0 Å². The molecule has 1 saturated heterocycles. The molecule has 2 atom stereocenters. The van der Waals surface area contributed by atoms with Crippen LogP contribution in [-0.2, 0) is 16.6 Å². The Bertz CT molecular complexity index is 745. The van der Waals surface area contributed by atoms with Gasteiger partial charge in [0.05, 0.1) is 12.7 Å². The van der Waals surface area contributed by atoms with Gasteiger partial charge in [0.1, 0.15) is 4.90 Å². The third kappa shape index (κ3) is 3.64. The number of nitrogens with zero attached hydrogens (tertiary/aromatic N) is 3. The van der Waals surface area contributed by atoms with E-state index in [4.69, 9.17) is 0 Å². The lowest BCUT2D eigenvalue weighted by Gasteiger charge is -2.33. The monoisotopic (exact) mass is 333 g/mol. The van der Waals surface area contributed by atoms with Gasteiger partial charge in [0.2, 0.25) is 10.0 Å². The molecule has 1 aliphatic heterocycles. The summed E-state index contributed by atoms with van der Waals surface area (Å²) in [7, 11) is -3.45. The van der Waals surface area contributed by atoms with Crippen molar-refractivity contribution in [1.29, 1.82) is 0 Å². The second-order valence-electron chi connectivity index (χ2n) is 6.63. The lowest BCUT2D eigenvalue weighted by molar-refractivity contribution is 0.222. The number of hydrogen-bond acceptors (Lipinski definition) is 3. The molecule has 5 nitrogen and oxygen atoms in total. The van der Waals surface area contributed by atoms with Crippen LogP contribution in [-0.4, -0.2) is 35.6 Å². The fourth-order valence-electron chi connectivity index (χ4n) is 3.29. The van der Waals surface area contributed by atoms with Gasteiger partial charge in [-0.3, -0.25) is 4.68 Å². The van der Waals surface area contributed by atoms with E-state index in [1.807, 2.05) is 30.3 Å². The molecule has 2 aromatic rings. The van der Waals surface area contributed by atoms with E-state index in [-0.39, 0.29) is 4.90 Å². The second-order valence-corrected chi connectivity index (χ2v) is 8.57. The number of rotatable bonds is 4. The normalized spacial score (nSPS) is 23.0. The number of hydrogen-bond donors (Lipinski definition) is 0. The fraction of sp³-hybridized carbons (Fsp3) is 0.471. The Hall–Kier alpha value is -1.66. The minimum absolute atomic E-state index is 0.287. The summed E-state index contributed by atoms with van der Waals surface area (Å²) in [6, 6.07) is 9.90. The van der Waals surface area contributed by atoms with E-state index in [0.29, 0.717) is 31.5 Å². The summed E-state index contributed by atoms with van der Waals surface area (Å²) < 4.78 is 28.9. The first kappa shape index (κ1) is 16.2. The van der Waals surface area contributed by atoms with Gasteiger partial charge < -0.3 is 0 Å². The van der Waals surface area contributed by atoms with Crippen molar-refractivity contribution in [2.24, 2.45) is 11.8 Å². The molecule has 0 aliphatic carbocycles. The van der Waals surface area contributed by atoms with Gasteiger partial charge in [0.25, 0.3) is 0 Å². The molecule has 0 radical (unpaired) electrons. The Kier molecular flexibility index (Phi) is 4.55. The van der Waals surface area contributed by atoms with Gasteiger partial charge in [0.15, 0.2) is 0 Å². The van der Waals surface area contributed by atoms with Crippen LogP contribution in [0.1, 0.15) is 25.8 Å². The second kappa shape index (κ2) is 6.45. The smallest absolute Gasteiger partial charge is 0.246 e. The highest BCUT2D eigenvalue weighted by Gasteiger charge is 2.32. The molecule has 2 heterocycles. The van der Waals surface area contributed by atoms with Crippen LogP contribution in [0.25, 0.3) is 0 Å². The highest BCUT2D eigenvalue weighted by Crippen LogP contribution is 2.26. The van der Waals surface area contributed by atoms with Crippen LogP contribution >= 0.6 is 0 Å². The van der Waals surface area contributed by atoms with Crippen molar-refractivity contribution < 1.29 is 8.42 Å². The maximum absolute atomic E-state index is 12.8. The number of benzene rings is 1. The highest BCUT2D eigenvalue weighted by molar-refractivity contribution is 7.89. The Morgan fingerprint density at radius 1 is 1.13 bits per heavy atom. The Morgan fingerprint density at radius 3 is 2.43 bits per heavy atom. The van der Waals surface area contributed by atoms with Gasteiger partial charge in [-0.1, -0.05) is 44.2 Å². The zero-order valence-electron chi connectivity index (χ0n) is 13.6. The van der Waals surface area contributed by atoms with Crippen molar-refractivity contribution in [2.45, 2.75) is 31.7 Å². The van der Waals surface area contributed by atoms with Crippen molar-refractivity contribution >= 4 is 10.0 Å². The lowest BCUT2D eigenvalue weighted by atomic mass is 9.94.